The lowest BCUT2D eigenvalue weighted by Crippen LogP contribution is -2.48. The number of aliphatic hydroxyl groups excluding tert-OH is 1. The third kappa shape index (κ3) is 5.00. The molecule has 4 N–H and O–H groups in total. The molecule has 0 aliphatic carbocycles. The van der Waals surface area contributed by atoms with Gasteiger partial charge in [-0.25, -0.2) is 4.79 Å². The Kier molecular flexibility index (Phi) is 5.37. The topological polar surface area (TPSA) is 119 Å². The second kappa shape index (κ2) is 6.80. The molecule has 0 aromatic rings. The molecule has 0 unspecified atom stereocenters. The number of nitrogens with zero attached hydrogens (tertiary/aromatic N) is 1. The summed E-state index contributed by atoms with van der Waals surface area (Å²) in [5.74, 6) is -1.69. The smallest absolute Gasteiger partial charge is 0.322 e. The summed E-state index contributed by atoms with van der Waals surface area (Å²) < 4.78 is 0. The maximum Gasteiger partial charge on any atom is 0.322 e. The van der Waals surface area contributed by atoms with E-state index in [4.69, 9.17) is 5.11 Å². The molecule has 8 heteroatoms. The summed E-state index contributed by atoms with van der Waals surface area (Å²) >= 11 is 0. The van der Waals surface area contributed by atoms with E-state index in [2.05, 4.69) is 10.6 Å². The quantitative estimate of drug-likeness (QED) is 0.482. The molecule has 3 amide bonds. The molecule has 1 rings (SSSR count). The first-order chi connectivity index (χ1) is 8.49. The Morgan fingerprint density at radius 2 is 1.72 bits per heavy atom. The predicted molar refractivity (Wildman–Crippen MR) is 60.9 cm³/mol. The summed E-state index contributed by atoms with van der Waals surface area (Å²) in [5, 5.41) is 22.1. The number of aliphatic carboxylic acids is 1. The van der Waals surface area contributed by atoms with Crippen molar-refractivity contribution in [3.8, 4) is 0 Å². The van der Waals surface area contributed by atoms with Crippen molar-refractivity contribution < 1.29 is 24.6 Å². The van der Waals surface area contributed by atoms with Crippen molar-refractivity contribution in [1.82, 2.24) is 15.5 Å². The van der Waals surface area contributed by atoms with Crippen LogP contribution in [0.15, 0.2) is 0 Å². The van der Waals surface area contributed by atoms with E-state index >= 15 is 0 Å². The third-order valence-corrected chi connectivity index (χ3v) is 2.59. The molecule has 1 heterocycles. The minimum Gasteiger partial charge on any atom is -0.480 e. The molecule has 1 aliphatic heterocycles. The summed E-state index contributed by atoms with van der Waals surface area (Å²) in [4.78, 5) is 34.4. The van der Waals surface area contributed by atoms with Crippen LogP contribution in [0.3, 0.4) is 0 Å². The number of urea groups is 1. The van der Waals surface area contributed by atoms with Gasteiger partial charge in [0.15, 0.2) is 0 Å². The van der Waals surface area contributed by atoms with Gasteiger partial charge < -0.3 is 25.7 Å². The normalized spacial score (nSPS) is 16.2. The SMILES string of the molecule is O=C(O)CNC(=O)CNC(=O)N1CCC(O)CC1. The second-order valence-corrected chi connectivity index (χ2v) is 4.05. The molecule has 0 bridgehead atoms. The number of hydrogen-bond acceptors (Lipinski definition) is 4. The lowest BCUT2D eigenvalue weighted by atomic mass is 10.1. The van der Waals surface area contributed by atoms with Crippen molar-refractivity contribution in [2.45, 2.75) is 18.9 Å². The predicted octanol–water partition coefficient (Wildman–Crippen LogP) is -1.65. The highest BCUT2D eigenvalue weighted by molar-refractivity contribution is 5.86. The number of nitrogens with one attached hydrogen (secondary N) is 2. The second-order valence-electron chi connectivity index (χ2n) is 4.05. The Balaban J connectivity index is 2.20. The average molecular weight is 259 g/mol. The molecule has 18 heavy (non-hydrogen) atoms. The number of rotatable bonds is 4. The van der Waals surface area contributed by atoms with Crippen molar-refractivity contribution in [3.63, 3.8) is 0 Å². The van der Waals surface area contributed by atoms with Crippen molar-refractivity contribution in [1.29, 1.82) is 0 Å². The van der Waals surface area contributed by atoms with Gasteiger partial charge in [-0.05, 0) is 12.8 Å². The summed E-state index contributed by atoms with van der Waals surface area (Å²) in [5.41, 5.74) is 0. The van der Waals surface area contributed by atoms with E-state index in [1.165, 1.54) is 4.90 Å². The van der Waals surface area contributed by atoms with Gasteiger partial charge in [0.25, 0.3) is 0 Å². The van der Waals surface area contributed by atoms with Gasteiger partial charge in [0, 0.05) is 13.1 Å². The molecule has 0 saturated carbocycles. The Morgan fingerprint density at radius 1 is 1.11 bits per heavy atom. The van der Waals surface area contributed by atoms with Gasteiger partial charge in [0.1, 0.15) is 6.54 Å². The lowest BCUT2D eigenvalue weighted by molar-refractivity contribution is -0.137. The summed E-state index contributed by atoms with van der Waals surface area (Å²) in [7, 11) is 0. The van der Waals surface area contributed by atoms with Crippen LogP contribution in [0.2, 0.25) is 0 Å². The van der Waals surface area contributed by atoms with E-state index in [1.54, 1.807) is 0 Å². The number of carbonyl (C=O) groups excluding carboxylic acids is 2. The molecule has 1 fully saturated rings. The fourth-order valence-corrected chi connectivity index (χ4v) is 1.57. The fraction of sp³-hybridized carbons (Fsp3) is 0.700. The molecule has 0 aromatic heterocycles. The minimum absolute atomic E-state index is 0.259. The highest BCUT2D eigenvalue weighted by atomic mass is 16.4. The number of hydrogen-bond donors (Lipinski definition) is 4. The van der Waals surface area contributed by atoms with E-state index in [-0.39, 0.29) is 18.7 Å². The maximum atomic E-state index is 11.6. The summed E-state index contributed by atoms with van der Waals surface area (Å²) in [6, 6.07) is -0.382. The molecule has 0 atom stereocenters. The Bertz CT molecular complexity index is 325. The zero-order valence-corrected chi connectivity index (χ0v) is 9.89. The molecule has 1 aliphatic rings. The van der Waals surface area contributed by atoms with Crippen LogP contribution >= 0.6 is 0 Å². The number of carboxylic acid groups (broad SMARTS) is 1. The van der Waals surface area contributed by atoms with Gasteiger partial charge in [0.2, 0.25) is 5.91 Å². The number of aliphatic hydroxyl groups is 1. The molecular weight excluding hydrogens is 242 g/mol. The van der Waals surface area contributed by atoms with Gasteiger partial charge in [-0.2, -0.15) is 0 Å². The molecule has 102 valence electrons. The fourth-order valence-electron chi connectivity index (χ4n) is 1.57. The average Bonchev–Trinajstić information content (AvgIpc) is 2.34. The van der Waals surface area contributed by atoms with E-state index < -0.39 is 18.4 Å². The molecule has 8 nitrogen and oxygen atoms in total. The molecule has 0 aromatic carbocycles. The van der Waals surface area contributed by atoms with E-state index in [9.17, 15) is 19.5 Å². The zero-order chi connectivity index (χ0) is 13.5. The van der Waals surface area contributed by atoms with Crippen LogP contribution in [0.1, 0.15) is 12.8 Å². The van der Waals surface area contributed by atoms with E-state index in [0.29, 0.717) is 25.9 Å². The monoisotopic (exact) mass is 259 g/mol. The van der Waals surface area contributed by atoms with Crippen LogP contribution in [-0.2, 0) is 9.59 Å². The number of carbonyl (C=O) groups is 3. The van der Waals surface area contributed by atoms with Crippen LogP contribution in [0.5, 0.6) is 0 Å². The Morgan fingerprint density at radius 3 is 2.28 bits per heavy atom. The standard InChI is InChI=1S/C10H17N3O5/c14-7-1-3-13(4-2-7)10(18)12-5-8(15)11-6-9(16)17/h7,14H,1-6H2,(H,11,15)(H,12,18)(H,16,17). The highest BCUT2D eigenvalue weighted by Gasteiger charge is 2.21. The number of piperidine rings is 1. The maximum absolute atomic E-state index is 11.6. The van der Waals surface area contributed by atoms with Gasteiger partial charge >= 0.3 is 12.0 Å². The summed E-state index contributed by atoms with van der Waals surface area (Å²) in [6.45, 7) is 0.170. The van der Waals surface area contributed by atoms with Crippen LogP contribution < -0.4 is 10.6 Å². The lowest BCUT2D eigenvalue weighted by Gasteiger charge is -2.29. The molecule has 0 spiro atoms. The first-order valence-corrected chi connectivity index (χ1v) is 5.68. The van der Waals surface area contributed by atoms with Crippen molar-refractivity contribution >= 4 is 17.9 Å². The zero-order valence-electron chi connectivity index (χ0n) is 9.89. The van der Waals surface area contributed by atoms with Crippen LogP contribution in [0.4, 0.5) is 4.79 Å². The molecule has 0 radical (unpaired) electrons. The van der Waals surface area contributed by atoms with E-state index in [0.717, 1.165) is 0 Å². The van der Waals surface area contributed by atoms with Crippen LogP contribution in [-0.4, -0.2) is 65.3 Å². The number of carboxylic acids is 1. The first kappa shape index (κ1) is 14.2. The Labute approximate surface area is 104 Å². The van der Waals surface area contributed by atoms with Crippen LogP contribution in [0, 0.1) is 0 Å². The third-order valence-electron chi connectivity index (χ3n) is 2.59. The first-order valence-electron chi connectivity index (χ1n) is 5.68. The van der Waals surface area contributed by atoms with Gasteiger partial charge in [0.05, 0.1) is 12.6 Å². The van der Waals surface area contributed by atoms with Gasteiger partial charge in [-0.15, -0.1) is 0 Å². The van der Waals surface area contributed by atoms with Crippen molar-refractivity contribution in [2.75, 3.05) is 26.2 Å². The largest absolute Gasteiger partial charge is 0.480 e. The van der Waals surface area contributed by atoms with Crippen molar-refractivity contribution in [2.24, 2.45) is 0 Å². The molecule has 1 saturated heterocycles. The number of likely N-dealkylation sites (tertiary alicyclic amines) is 1. The highest BCUT2D eigenvalue weighted by Crippen LogP contribution is 2.09. The van der Waals surface area contributed by atoms with Gasteiger partial charge in [-0.3, -0.25) is 9.59 Å². The minimum atomic E-state index is -1.14. The van der Waals surface area contributed by atoms with Crippen LogP contribution in [0.25, 0.3) is 0 Å². The van der Waals surface area contributed by atoms with Gasteiger partial charge in [-0.1, -0.05) is 0 Å². The number of amides is 3. The van der Waals surface area contributed by atoms with E-state index in [1.807, 2.05) is 0 Å². The molecular formula is C10H17N3O5. The summed E-state index contributed by atoms with van der Waals surface area (Å²) in [6.07, 6.45) is 0.685. The Hall–Kier alpha value is -1.83. The van der Waals surface area contributed by atoms with Crippen molar-refractivity contribution in [3.05, 3.63) is 0 Å².